The van der Waals surface area contributed by atoms with Crippen molar-refractivity contribution in [2.24, 2.45) is 0 Å². The van der Waals surface area contributed by atoms with E-state index in [1.165, 1.54) is 25.3 Å². The van der Waals surface area contributed by atoms with Crippen molar-refractivity contribution in [1.29, 1.82) is 5.26 Å². The Kier molecular flexibility index (Phi) is 6.23. The molecule has 0 radical (unpaired) electrons. The second-order valence-electron chi connectivity index (χ2n) is 6.29. The van der Waals surface area contributed by atoms with E-state index in [-0.39, 0.29) is 23.1 Å². The van der Waals surface area contributed by atoms with E-state index in [0.717, 1.165) is 4.90 Å². The summed E-state index contributed by atoms with van der Waals surface area (Å²) in [5, 5.41) is 9.47. The van der Waals surface area contributed by atoms with Crippen LogP contribution in [0.4, 0.5) is 11.4 Å². The van der Waals surface area contributed by atoms with Crippen molar-refractivity contribution in [3.05, 3.63) is 36.0 Å². The average molecular weight is 390 g/mol. The minimum atomic E-state index is -3.11. The fraction of sp³-hybridized carbons (Fsp3) is 0.389. The third-order valence-electron chi connectivity index (χ3n) is 4.36. The predicted molar refractivity (Wildman–Crippen MR) is 102 cm³/mol. The van der Waals surface area contributed by atoms with E-state index in [4.69, 9.17) is 5.73 Å². The van der Waals surface area contributed by atoms with E-state index < -0.39 is 21.7 Å². The van der Waals surface area contributed by atoms with Crippen molar-refractivity contribution in [2.75, 3.05) is 28.7 Å². The normalized spacial score (nSPS) is 18.6. The Hall–Kier alpha value is -2.86. The van der Waals surface area contributed by atoms with E-state index in [1.54, 1.807) is 17.0 Å². The Morgan fingerprint density at radius 1 is 1.33 bits per heavy atom. The van der Waals surface area contributed by atoms with Gasteiger partial charge in [-0.25, -0.2) is 13.3 Å². The minimum absolute atomic E-state index is 0.0153. The summed E-state index contributed by atoms with van der Waals surface area (Å²) in [6, 6.07) is 7.68. The van der Waals surface area contributed by atoms with Gasteiger partial charge in [-0.05, 0) is 37.6 Å². The summed E-state index contributed by atoms with van der Waals surface area (Å²) in [6.45, 7) is 3.47. The molecule has 9 heteroatoms. The summed E-state index contributed by atoms with van der Waals surface area (Å²) in [5.41, 5.74) is 6.17. The first-order chi connectivity index (χ1) is 12.7. The fourth-order valence-corrected chi connectivity index (χ4v) is 4.72. The molecule has 1 aromatic rings. The van der Waals surface area contributed by atoms with E-state index in [1.807, 2.05) is 13.0 Å². The number of hydrogen-bond acceptors (Lipinski definition) is 7. The van der Waals surface area contributed by atoms with Crippen LogP contribution in [0.15, 0.2) is 36.0 Å². The average Bonchev–Trinajstić information content (AvgIpc) is 2.97. The molecular weight excluding hydrogens is 368 g/mol. The first kappa shape index (κ1) is 20.5. The SMILES string of the molecule is CCN(/C=C(/C#N)C(=O)N(C(C)=O)c1ccc(N)cc1)C1CCS(=O)(=O)C1. The smallest absolute Gasteiger partial charge is 0.277 e. The zero-order valence-corrected chi connectivity index (χ0v) is 16.1. The summed E-state index contributed by atoms with van der Waals surface area (Å²) in [7, 11) is -3.11. The monoisotopic (exact) mass is 390 g/mol. The van der Waals surface area contributed by atoms with Crippen LogP contribution in [0, 0.1) is 11.3 Å². The molecule has 0 spiro atoms. The molecule has 1 aliphatic rings. The van der Waals surface area contributed by atoms with Gasteiger partial charge in [0.25, 0.3) is 5.91 Å². The first-order valence-corrected chi connectivity index (χ1v) is 10.3. The van der Waals surface area contributed by atoms with Crippen molar-refractivity contribution in [3.8, 4) is 6.07 Å². The van der Waals surface area contributed by atoms with E-state index in [2.05, 4.69) is 0 Å². The molecule has 144 valence electrons. The molecule has 2 N–H and O–H groups in total. The maximum absolute atomic E-state index is 12.8. The van der Waals surface area contributed by atoms with Crippen LogP contribution in [0.1, 0.15) is 20.3 Å². The molecule has 2 amide bonds. The largest absolute Gasteiger partial charge is 0.399 e. The molecule has 2 rings (SSSR count). The maximum Gasteiger partial charge on any atom is 0.277 e. The number of nitrogen functional groups attached to an aromatic ring is 1. The zero-order valence-electron chi connectivity index (χ0n) is 15.3. The topological polar surface area (TPSA) is 125 Å². The highest BCUT2D eigenvalue weighted by molar-refractivity contribution is 7.91. The van der Waals surface area contributed by atoms with Crippen LogP contribution in [-0.2, 0) is 19.4 Å². The molecule has 0 aliphatic carbocycles. The van der Waals surface area contributed by atoms with Crippen LogP contribution in [0.3, 0.4) is 0 Å². The van der Waals surface area contributed by atoms with Crippen LogP contribution in [0.2, 0.25) is 0 Å². The number of rotatable bonds is 5. The highest BCUT2D eigenvalue weighted by Crippen LogP contribution is 2.21. The molecule has 1 heterocycles. The molecular formula is C18H22N4O4S. The number of carbonyl (C=O) groups is 2. The number of benzene rings is 1. The lowest BCUT2D eigenvalue weighted by Gasteiger charge is -2.26. The predicted octanol–water partition coefficient (Wildman–Crippen LogP) is 1.06. The van der Waals surface area contributed by atoms with Gasteiger partial charge in [0.2, 0.25) is 5.91 Å². The Morgan fingerprint density at radius 3 is 2.41 bits per heavy atom. The summed E-state index contributed by atoms with van der Waals surface area (Å²) in [6.07, 6.45) is 1.79. The third-order valence-corrected chi connectivity index (χ3v) is 6.11. The zero-order chi connectivity index (χ0) is 20.2. The highest BCUT2D eigenvalue weighted by Gasteiger charge is 2.32. The summed E-state index contributed by atoms with van der Waals surface area (Å²) in [4.78, 5) is 27.4. The van der Waals surface area contributed by atoms with Crippen molar-refractivity contribution in [3.63, 3.8) is 0 Å². The quantitative estimate of drug-likeness (QED) is 0.453. The molecule has 1 unspecified atom stereocenters. The van der Waals surface area contributed by atoms with Gasteiger partial charge in [-0.15, -0.1) is 0 Å². The molecule has 1 aliphatic heterocycles. The number of imide groups is 1. The van der Waals surface area contributed by atoms with Gasteiger partial charge in [0, 0.05) is 31.4 Å². The number of sulfone groups is 1. The van der Waals surface area contributed by atoms with Crippen LogP contribution in [0.5, 0.6) is 0 Å². The second kappa shape index (κ2) is 8.22. The number of nitrogens with two attached hydrogens (primary N) is 1. The number of hydrogen-bond donors (Lipinski definition) is 1. The third kappa shape index (κ3) is 4.86. The summed E-state index contributed by atoms with van der Waals surface area (Å²) >= 11 is 0. The van der Waals surface area contributed by atoms with Crippen molar-refractivity contribution < 1.29 is 18.0 Å². The Balaban J connectivity index is 2.34. The molecule has 1 aromatic carbocycles. The van der Waals surface area contributed by atoms with Gasteiger partial charge < -0.3 is 10.6 Å². The van der Waals surface area contributed by atoms with E-state index in [9.17, 15) is 23.3 Å². The Bertz CT molecular complexity index is 900. The fourth-order valence-electron chi connectivity index (χ4n) is 2.98. The molecule has 0 saturated carbocycles. The Labute approximate surface area is 158 Å². The van der Waals surface area contributed by atoms with Gasteiger partial charge in [-0.3, -0.25) is 9.59 Å². The number of nitriles is 1. The molecule has 0 bridgehead atoms. The van der Waals surface area contributed by atoms with Crippen molar-refractivity contribution in [2.45, 2.75) is 26.3 Å². The summed E-state index contributed by atoms with van der Waals surface area (Å²) in [5.74, 6) is -1.24. The van der Waals surface area contributed by atoms with E-state index >= 15 is 0 Å². The van der Waals surface area contributed by atoms with Crippen molar-refractivity contribution in [1.82, 2.24) is 4.90 Å². The molecule has 1 atom stereocenters. The molecule has 27 heavy (non-hydrogen) atoms. The molecule has 8 nitrogen and oxygen atoms in total. The minimum Gasteiger partial charge on any atom is -0.399 e. The van der Waals surface area contributed by atoms with Crippen LogP contribution in [-0.4, -0.2) is 49.2 Å². The van der Waals surface area contributed by atoms with E-state index in [0.29, 0.717) is 24.3 Å². The van der Waals surface area contributed by atoms with Gasteiger partial charge in [-0.2, -0.15) is 5.26 Å². The highest BCUT2D eigenvalue weighted by atomic mass is 32.2. The first-order valence-electron chi connectivity index (χ1n) is 8.47. The van der Waals surface area contributed by atoms with Gasteiger partial charge >= 0.3 is 0 Å². The second-order valence-corrected chi connectivity index (χ2v) is 8.52. The molecule has 0 aromatic heterocycles. The number of carbonyl (C=O) groups excluding carboxylic acids is 2. The Morgan fingerprint density at radius 2 is 1.96 bits per heavy atom. The van der Waals surface area contributed by atoms with Gasteiger partial charge in [0.1, 0.15) is 11.6 Å². The lowest BCUT2D eigenvalue weighted by Crippen LogP contribution is -2.38. The number of amides is 2. The lowest BCUT2D eigenvalue weighted by atomic mass is 10.2. The van der Waals surface area contributed by atoms with Gasteiger partial charge in [0.05, 0.1) is 17.2 Å². The number of nitrogens with zero attached hydrogens (tertiary/aromatic N) is 3. The molecule has 1 saturated heterocycles. The van der Waals surface area contributed by atoms with Gasteiger partial charge in [0.15, 0.2) is 9.84 Å². The molecule has 1 fully saturated rings. The summed E-state index contributed by atoms with van der Waals surface area (Å²) < 4.78 is 23.4. The standard InChI is InChI=1S/C18H22N4O4S/c1-3-21(17-8-9-27(25,26)12-17)11-14(10-19)18(24)22(13(2)23)16-6-4-15(20)5-7-16/h4-7,11,17H,3,8-9,12,20H2,1-2H3/b14-11-. The maximum atomic E-state index is 12.8. The lowest BCUT2D eigenvalue weighted by molar-refractivity contribution is -0.123. The van der Waals surface area contributed by atoms with Crippen molar-refractivity contribution >= 4 is 33.0 Å². The van der Waals surface area contributed by atoms with Crippen LogP contribution < -0.4 is 10.6 Å². The number of anilines is 2. The van der Waals surface area contributed by atoms with Crippen LogP contribution >= 0.6 is 0 Å². The van der Waals surface area contributed by atoms with Gasteiger partial charge in [-0.1, -0.05) is 0 Å². The van der Waals surface area contributed by atoms with Crippen LogP contribution in [0.25, 0.3) is 0 Å².